The number of aliphatic hydroxyl groups excluding tert-OH is 6. The molecule has 3 aliphatic rings. The second-order valence-corrected chi connectivity index (χ2v) is 15.4. The van der Waals surface area contributed by atoms with Gasteiger partial charge in [-0.2, -0.15) is 5.26 Å². The number of nitrogen functional groups attached to an aromatic ring is 1. The second kappa shape index (κ2) is 19.5. The van der Waals surface area contributed by atoms with Crippen LogP contribution in [0, 0.1) is 77.3 Å². The maximum Gasteiger partial charge on any atom is 0.294 e. The third-order valence-electron chi connectivity index (χ3n) is 11.5. The van der Waals surface area contributed by atoms with Gasteiger partial charge in [0.1, 0.15) is 77.6 Å². The lowest BCUT2D eigenvalue weighted by atomic mass is 9.97. The molecule has 0 amide bonds. The summed E-state index contributed by atoms with van der Waals surface area (Å²) in [6, 6.07) is 4.80. The van der Waals surface area contributed by atoms with Crippen LogP contribution in [0.3, 0.4) is 0 Å². The Bertz CT molecular complexity index is 3370. The summed E-state index contributed by atoms with van der Waals surface area (Å²) in [5.41, 5.74) is 22.1. The van der Waals surface area contributed by atoms with Gasteiger partial charge in [-0.05, 0) is 13.0 Å². The Labute approximate surface area is 389 Å². The number of nitrogens with zero attached hydrogens (tertiary/aromatic N) is 15. The minimum Gasteiger partial charge on any atom is -0.397 e. The van der Waals surface area contributed by atoms with Gasteiger partial charge in [0.25, 0.3) is 22.7 Å². The second-order valence-electron chi connectivity index (χ2n) is 15.4. The molecule has 6 aromatic rings. The highest BCUT2D eigenvalue weighted by Crippen LogP contribution is 2.45. The number of aliphatic hydroxyl groups is 6. The smallest absolute Gasteiger partial charge is 0.294 e. The first kappa shape index (κ1) is 49.3. The Morgan fingerprint density at radius 1 is 0.757 bits per heavy atom. The van der Waals surface area contributed by atoms with Crippen molar-refractivity contribution in [1.82, 2.24) is 63.3 Å². The van der Waals surface area contributed by atoms with Crippen molar-refractivity contribution >= 4 is 39.2 Å². The first-order valence-electron chi connectivity index (χ1n) is 20.2. The Morgan fingerprint density at radius 2 is 1.23 bits per heavy atom. The van der Waals surface area contributed by atoms with Gasteiger partial charge in [-0.3, -0.25) is 23.3 Å². The molecule has 0 radical (unpaired) electrons. The van der Waals surface area contributed by atoms with Crippen LogP contribution in [0.2, 0.25) is 0 Å². The lowest BCUT2D eigenvalue weighted by Crippen LogP contribution is -2.43. The number of fused-ring (bicyclic) bond motifs is 3. The molecule has 3 fully saturated rings. The molecule has 3 saturated heterocycles. The van der Waals surface area contributed by atoms with E-state index in [9.17, 15) is 45.5 Å². The van der Waals surface area contributed by atoms with Crippen LogP contribution >= 0.6 is 0 Å². The summed E-state index contributed by atoms with van der Waals surface area (Å²) in [6.45, 7) is -0.583. The first-order valence-corrected chi connectivity index (χ1v) is 20.2. The largest absolute Gasteiger partial charge is 0.397 e. The third kappa shape index (κ3) is 8.06. The SMILES string of the molecule is C#C[C@@H]1[C@H](n2cnc3c(=O)[nH]c(C)nc32)O[C@@](CO)(N=[N+]=N)[C@H]1O.C#C[C@@H]1[C@H](n2cnc3c(N)ccnc32)O[C@@](CO)(N=[N+]=N)[C@H]1O.N#C[C@@H]1[C@H](n2cnc3c(=O)cc[nH]c32)O[C@@](CO)(N=[N+]=N)[C@H]1O. The Hall–Kier alpha value is -8.63. The fourth-order valence-corrected chi connectivity index (χ4v) is 8.04. The zero-order valence-corrected chi connectivity index (χ0v) is 36.0. The van der Waals surface area contributed by atoms with Gasteiger partial charge in [-0.1, -0.05) is 11.8 Å². The zero-order valence-electron chi connectivity index (χ0n) is 36.0. The average Bonchev–Trinajstić information content (AvgIpc) is 4.21. The molecule has 360 valence electrons. The predicted octanol–water partition coefficient (Wildman–Crippen LogP) is -2.81. The molecule has 32 heteroatoms. The number of terminal acetylenes is 2. The van der Waals surface area contributed by atoms with Crippen molar-refractivity contribution in [2.45, 2.75) is 61.1 Å². The van der Waals surface area contributed by atoms with Crippen LogP contribution in [-0.4, -0.2) is 135 Å². The van der Waals surface area contributed by atoms with Crippen molar-refractivity contribution in [2.24, 2.45) is 33.1 Å². The maximum atomic E-state index is 11.9. The molecular formula is C38H40N21O11+3. The molecular weight excluding hydrogens is 927 g/mol. The molecule has 70 heavy (non-hydrogen) atoms. The number of imidazole rings is 3. The molecule has 13 N–H and O–H groups in total. The van der Waals surface area contributed by atoms with Gasteiger partial charge < -0.3 is 60.6 Å². The number of nitrogens with one attached hydrogen (secondary N) is 5. The number of ether oxygens (including phenoxy) is 3. The summed E-state index contributed by atoms with van der Waals surface area (Å²) in [5.74, 6) is 2.27. The van der Waals surface area contributed by atoms with Crippen molar-refractivity contribution in [3.05, 3.63) is 69.9 Å². The molecule has 0 bridgehead atoms. The molecule has 0 aromatic carbocycles. The van der Waals surface area contributed by atoms with Gasteiger partial charge >= 0.3 is 0 Å². The summed E-state index contributed by atoms with van der Waals surface area (Å²) in [4.78, 5) is 58.1. The molecule has 0 aliphatic carbocycles. The normalized spacial score (nSPS) is 29.8. The summed E-state index contributed by atoms with van der Waals surface area (Å²) < 4.78 is 21.1. The lowest BCUT2D eigenvalue weighted by molar-refractivity contribution is -0.126. The monoisotopic (exact) mass is 966 g/mol. The quantitative estimate of drug-likeness (QED) is 0.0395. The topological polar surface area (TPSA) is 495 Å². The number of anilines is 1. The van der Waals surface area contributed by atoms with Crippen LogP contribution in [0.15, 0.2) is 68.4 Å². The number of hydrogen-bond acceptors (Lipinski definition) is 24. The van der Waals surface area contributed by atoms with E-state index in [1.807, 2.05) is 6.07 Å². The van der Waals surface area contributed by atoms with Crippen LogP contribution < -0.4 is 31.5 Å². The van der Waals surface area contributed by atoms with Crippen LogP contribution in [0.25, 0.3) is 33.5 Å². The fourth-order valence-electron chi connectivity index (χ4n) is 8.04. The van der Waals surface area contributed by atoms with Crippen LogP contribution in [0.4, 0.5) is 5.69 Å². The number of rotatable bonds is 9. The minimum atomic E-state index is -1.92. The van der Waals surface area contributed by atoms with Crippen LogP contribution in [0.1, 0.15) is 24.5 Å². The van der Waals surface area contributed by atoms with Gasteiger partial charge in [0.05, 0.1) is 42.6 Å². The van der Waals surface area contributed by atoms with Crippen molar-refractivity contribution < 1.29 is 44.8 Å². The van der Waals surface area contributed by atoms with E-state index in [2.05, 4.69) is 76.8 Å². The Morgan fingerprint density at radius 3 is 1.73 bits per heavy atom. The fraction of sp³-hybridized carbons (Fsp3) is 0.421. The maximum absolute atomic E-state index is 11.9. The van der Waals surface area contributed by atoms with E-state index in [1.165, 1.54) is 51.1 Å². The van der Waals surface area contributed by atoms with E-state index in [4.69, 9.17) is 49.4 Å². The molecule has 32 nitrogen and oxygen atoms in total. The molecule has 3 aliphatic heterocycles. The van der Waals surface area contributed by atoms with E-state index < -0.39 is 97.3 Å². The number of aromatic nitrogens is 10. The highest BCUT2D eigenvalue weighted by molar-refractivity contribution is 5.83. The molecule has 6 aromatic heterocycles. The van der Waals surface area contributed by atoms with Gasteiger partial charge in [-0.15, -0.1) is 12.8 Å². The molecule has 9 heterocycles. The van der Waals surface area contributed by atoms with Crippen LogP contribution in [0.5, 0.6) is 0 Å². The van der Waals surface area contributed by atoms with Gasteiger partial charge in [0.15, 0.2) is 56.4 Å². The van der Waals surface area contributed by atoms with E-state index in [0.717, 1.165) is 0 Å². The summed E-state index contributed by atoms with van der Waals surface area (Å²) in [6.07, 6.45) is 10.7. The minimum absolute atomic E-state index is 0.0816. The summed E-state index contributed by atoms with van der Waals surface area (Å²) >= 11 is 0. The van der Waals surface area contributed by atoms with Crippen molar-refractivity contribution in [3.63, 3.8) is 0 Å². The highest BCUT2D eigenvalue weighted by atomic mass is 16.6. The van der Waals surface area contributed by atoms with Crippen molar-refractivity contribution in [3.8, 4) is 30.8 Å². The van der Waals surface area contributed by atoms with Gasteiger partial charge in [0, 0.05) is 18.5 Å². The average molecular weight is 967 g/mol. The van der Waals surface area contributed by atoms with E-state index in [0.29, 0.717) is 28.3 Å². The number of nitrogens with two attached hydrogens (primary N) is 1. The summed E-state index contributed by atoms with van der Waals surface area (Å²) in [5, 5.41) is 79.4. The standard InChI is InChI=1S/C13H13N7O4.C13H14N7O3.C12H11N7O4/c1-3-7-9(22)13(4-21,18-19-14)24-12(7)20-5-15-8-10(20)16-6(2)17-11(8)23;1-2-7-10(22)13(5-21,18-19-15)23-12(7)20-6-17-9-8(14)3-4-16-11(9)20;13-3-6-9(22)12(4-20,17-18-14)23-11(6)19-5-16-8-7(21)1-2-15-10(8)19/h1,5,7,9,12,14,21-22H,4H2,2H3;1,3-4,6-7,10,12,15,21-22H,5H2,(H2,14,16);1-2,5-6,9,11,14,20,22H,4H2/q;+1;/p+2/t7-,9-,12+,13+;7-,10-,12+,13+;6-,9-,11+,12+/m000/s1. The number of nitriles is 1. The van der Waals surface area contributed by atoms with Crippen molar-refractivity contribution in [2.75, 3.05) is 25.6 Å². The molecule has 0 unspecified atom stereocenters. The van der Waals surface area contributed by atoms with Gasteiger partial charge in [0.2, 0.25) is 20.2 Å². The number of pyridine rings is 2. The lowest BCUT2D eigenvalue weighted by Gasteiger charge is -2.18. The van der Waals surface area contributed by atoms with Gasteiger partial charge in [-0.25, -0.2) is 24.9 Å². The number of H-pyrrole nitrogens is 2. The predicted molar refractivity (Wildman–Crippen MR) is 229 cm³/mol. The molecule has 0 spiro atoms. The number of aromatic amines is 2. The number of aryl methyl sites for hydroxylation is 1. The zero-order chi connectivity index (χ0) is 50.7. The molecule has 9 rings (SSSR count). The highest BCUT2D eigenvalue weighted by Gasteiger charge is 2.62. The summed E-state index contributed by atoms with van der Waals surface area (Å²) in [7, 11) is 0. The van der Waals surface area contributed by atoms with E-state index in [-0.39, 0.29) is 22.1 Å². The first-order chi connectivity index (χ1) is 33.6. The molecule has 12 atom stereocenters. The van der Waals surface area contributed by atoms with E-state index in [1.54, 1.807) is 13.0 Å². The Balaban J connectivity index is 0.000000155. The number of hydrogen-bond donors (Lipinski definition) is 12. The van der Waals surface area contributed by atoms with E-state index >= 15 is 0 Å². The van der Waals surface area contributed by atoms with Crippen LogP contribution in [-0.2, 0) is 14.2 Å². The molecule has 0 saturated carbocycles. The Kier molecular flexibility index (Phi) is 13.8. The third-order valence-corrected chi connectivity index (χ3v) is 11.5. The van der Waals surface area contributed by atoms with Crippen molar-refractivity contribution in [1.29, 1.82) is 21.9 Å².